The molecule has 2 atom stereocenters. The number of nitriles is 1. The summed E-state index contributed by atoms with van der Waals surface area (Å²) in [7, 11) is 2.45. The van der Waals surface area contributed by atoms with Gasteiger partial charge in [0.2, 0.25) is 0 Å². The van der Waals surface area contributed by atoms with E-state index in [4.69, 9.17) is 5.26 Å². The summed E-state index contributed by atoms with van der Waals surface area (Å²) in [5.74, 6) is -2.16. The lowest BCUT2D eigenvalue weighted by Crippen LogP contribution is -2.45. The average molecular weight is 318 g/mol. The van der Waals surface area contributed by atoms with E-state index in [2.05, 4.69) is 14.8 Å². The zero-order valence-electron chi connectivity index (χ0n) is 13.2. The smallest absolute Gasteiger partial charge is 0.337 e. The fraction of sp³-hybridized carbons (Fsp3) is 0.375. The first kappa shape index (κ1) is 18.2. The lowest BCUT2D eigenvalue weighted by Gasteiger charge is -2.21. The molecule has 7 nitrogen and oxygen atoms in total. The molecule has 1 N–H and O–H groups in total. The quantitative estimate of drug-likeness (QED) is 0.792. The average Bonchev–Trinajstić information content (AvgIpc) is 2.58. The number of hydrogen-bond donors (Lipinski definition) is 1. The summed E-state index contributed by atoms with van der Waals surface area (Å²) in [5, 5.41) is 11.3. The third kappa shape index (κ3) is 4.81. The first-order valence-electron chi connectivity index (χ1n) is 6.88. The number of rotatable bonds is 6. The van der Waals surface area contributed by atoms with Crippen LogP contribution in [0, 0.1) is 17.2 Å². The molecule has 1 aromatic carbocycles. The minimum Gasteiger partial charge on any atom is -0.467 e. The monoisotopic (exact) mass is 318 g/mol. The SMILES string of the molecule is COC(=O)c1cccc(C(=O)N[C@H](C(=O)OC)[C@@H](C)CC#N)c1. The minimum atomic E-state index is -0.950. The topological polar surface area (TPSA) is 105 Å². The van der Waals surface area contributed by atoms with Gasteiger partial charge in [-0.05, 0) is 18.2 Å². The number of methoxy groups -OCH3 is 2. The van der Waals surface area contributed by atoms with Gasteiger partial charge in [0, 0.05) is 17.9 Å². The zero-order chi connectivity index (χ0) is 17.4. The second-order valence-corrected chi connectivity index (χ2v) is 4.89. The molecule has 0 spiro atoms. The predicted molar refractivity (Wildman–Crippen MR) is 80.4 cm³/mol. The number of esters is 2. The molecule has 0 aliphatic rings. The van der Waals surface area contributed by atoms with E-state index in [0.29, 0.717) is 0 Å². The van der Waals surface area contributed by atoms with E-state index in [-0.39, 0.29) is 17.5 Å². The van der Waals surface area contributed by atoms with Gasteiger partial charge in [-0.15, -0.1) is 0 Å². The fourth-order valence-corrected chi connectivity index (χ4v) is 1.95. The summed E-state index contributed by atoms with van der Waals surface area (Å²) in [6, 6.07) is 6.92. The zero-order valence-corrected chi connectivity index (χ0v) is 13.2. The Labute approximate surface area is 134 Å². The first-order valence-corrected chi connectivity index (χ1v) is 6.88. The number of hydrogen-bond acceptors (Lipinski definition) is 6. The Morgan fingerprint density at radius 1 is 1.22 bits per heavy atom. The highest BCUT2D eigenvalue weighted by Crippen LogP contribution is 2.12. The molecule has 0 bridgehead atoms. The van der Waals surface area contributed by atoms with Crippen molar-refractivity contribution >= 4 is 17.8 Å². The van der Waals surface area contributed by atoms with Crippen LogP contribution < -0.4 is 5.32 Å². The van der Waals surface area contributed by atoms with E-state index in [0.717, 1.165) is 0 Å². The van der Waals surface area contributed by atoms with Crippen molar-refractivity contribution in [1.29, 1.82) is 5.26 Å². The van der Waals surface area contributed by atoms with Crippen LogP contribution in [0.5, 0.6) is 0 Å². The number of benzene rings is 1. The standard InChI is InChI=1S/C16H18N2O5/c1-10(7-8-17)13(16(21)23-3)18-14(19)11-5-4-6-12(9-11)15(20)22-2/h4-6,9-10,13H,7H2,1-3H3,(H,18,19)/t10-,13-/m0/s1. The molecule has 0 radical (unpaired) electrons. The van der Waals surface area contributed by atoms with E-state index < -0.39 is 29.8 Å². The van der Waals surface area contributed by atoms with Crippen molar-refractivity contribution in [2.75, 3.05) is 14.2 Å². The van der Waals surface area contributed by atoms with Crippen molar-refractivity contribution in [2.24, 2.45) is 5.92 Å². The molecule has 1 aromatic rings. The van der Waals surface area contributed by atoms with Crippen molar-refractivity contribution in [3.8, 4) is 6.07 Å². The van der Waals surface area contributed by atoms with Gasteiger partial charge in [-0.3, -0.25) is 4.79 Å². The van der Waals surface area contributed by atoms with Crippen molar-refractivity contribution in [2.45, 2.75) is 19.4 Å². The maximum Gasteiger partial charge on any atom is 0.337 e. The molecular weight excluding hydrogens is 300 g/mol. The molecule has 0 aliphatic carbocycles. The fourth-order valence-electron chi connectivity index (χ4n) is 1.95. The lowest BCUT2D eigenvalue weighted by atomic mass is 9.98. The molecular formula is C16H18N2O5. The number of carbonyl (C=O) groups is 3. The van der Waals surface area contributed by atoms with Crippen LogP contribution in [0.2, 0.25) is 0 Å². The molecule has 0 saturated heterocycles. The molecule has 0 fully saturated rings. The van der Waals surface area contributed by atoms with Crippen LogP contribution in [0.1, 0.15) is 34.1 Å². The van der Waals surface area contributed by atoms with Gasteiger partial charge in [-0.1, -0.05) is 13.0 Å². The van der Waals surface area contributed by atoms with E-state index >= 15 is 0 Å². The highest BCUT2D eigenvalue weighted by atomic mass is 16.5. The van der Waals surface area contributed by atoms with E-state index in [1.807, 2.05) is 6.07 Å². The Hall–Kier alpha value is -2.88. The predicted octanol–water partition coefficient (Wildman–Crippen LogP) is 1.29. The van der Waals surface area contributed by atoms with E-state index in [1.54, 1.807) is 6.92 Å². The van der Waals surface area contributed by atoms with Crippen molar-refractivity contribution in [3.05, 3.63) is 35.4 Å². The van der Waals surface area contributed by atoms with Crippen LogP contribution in [-0.2, 0) is 14.3 Å². The van der Waals surface area contributed by atoms with Gasteiger partial charge < -0.3 is 14.8 Å². The summed E-state index contributed by atoms with van der Waals surface area (Å²) in [6.45, 7) is 1.66. The number of nitrogens with one attached hydrogen (secondary N) is 1. The van der Waals surface area contributed by atoms with Gasteiger partial charge in [0.1, 0.15) is 6.04 Å². The highest BCUT2D eigenvalue weighted by Gasteiger charge is 2.28. The Morgan fingerprint density at radius 2 is 1.87 bits per heavy atom. The van der Waals surface area contributed by atoms with Crippen LogP contribution in [-0.4, -0.2) is 38.1 Å². The molecule has 7 heteroatoms. The number of carbonyl (C=O) groups excluding carboxylic acids is 3. The van der Waals surface area contributed by atoms with Crippen molar-refractivity contribution < 1.29 is 23.9 Å². The van der Waals surface area contributed by atoms with E-state index in [1.165, 1.54) is 38.5 Å². The normalized spacial score (nSPS) is 12.4. The summed E-state index contributed by atoms with van der Waals surface area (Å²) >= 11 is 0. The Bertz CT molecular complexity index is 636. The van der Waals surface area contributed by atoms with Gasteiger partial charge in [-0.2, -0.15) is 5.26 Å². The van der Waals surface area contributed by atoms with Crippen molar-refractivity contribution in [3.63, 3.8) is 0 Å². The summed E-state index contributed by atoms with van der Waals surface area (Å²) in [4.78, 5) is 35.6. The number of amides is 1. The molecule has 1 rings (SSSR count). The summed E-state index contributed by atoms with van der Waals surface area (Å²) in [5.41, 5.74) is 0.422. The minimum absolute atomic E-state index is 0.0856. The second-order valence-electron chi connectivity index (χ2n) is 4.89. The maximum atomic E-state index is 12.3. The van der Waals surface area contributed by atoms with Crippen molar-refractivity contribution in [1.82, 2.24) is 5.32 Å². The van der Waals surface area contributed by atoms with Crippen LogP contribution >= 0.6 is 0 Å². The Kier molecular flexibility index (Phi) is 6.74. The molecule has 0 unspecified atom stereocenters. The second kappa shape index (κ2) is 8.54. The Balaban J connectivity index is 2.97. The molecule has 0 aliphatic heterocycles. The maximum absolute atomic E-state index is 12.3. The Morgan fingerprint density at radius 3 is 2.43 bits per heavy atom. The van der Waals surface area contributed by atoms with Gasteiger partial charge in [-0.25, -0.2) is 9.59 Å². The van der Waals surface area contributed by atoms with Gasteiger partial charge in [0.05, 0.1) is 25.9 Å². The molecule has 0 aromatic heterocycles. The molecule has 0 heterocycles. The van der Waals surface area contributed by atoms with Crippen LogP contribution in [0.4, 0.5) is 0 Å². The van der Waals surface area contributed by atoms with Crippen LogP contribution in [0.3, 0.4) is 0 Å². The molecule has 1 amide bonds. The summed E-state index contributed by atoms with van der Waals surface area (Å²) < 4.78 is 9.26. The summed E-state index contributed by atoms with van der Waals surface area (Å²) in [6.07, 6.45) is 0.0856. The van der Waals surface area contributed by atoms with Gasteiger partial charge in [0.15, 0.2) is 0 Å². The number of ether oxygens (including phenoxy) is 2. The third-order valence-electron chi connectivity index (χ3n) is 3.27. The molecule has 0 saturated carbocycles. The molecule has 23 heavy (non-hydrogen) atoms. The largest absolute Gasteiger partial charge is 0.467 e. The highest BCUT2D eigenvalue weighted by molar-refractivity contribution is 5.99. The van der Waals surface area contributed by atoms with E-state index in [9.17, 15) is 14.4 Å². The molecule has 122 valence electrons. The number of nitrogens with zero attached hydrogens (tertiary/aromatic N) is 1. The van der Waals surface area contributed by atoms with Crippen LogP contribution in [0.15, 0.2) is 24.3 Å². The lowest BCUT2D eigenvalue weighted by molar-refractivity contribution is -0.144. The third-order valence-corrected chi connectivity index (χ3v) is 3.27. The van der Waals surface area contributed by atoms with Crippen LogP contribution in [0.25, 0.3) is 0 Å². The van der Waals surface area contributed by atoms with Gasteiger partial charge in [0.25, 0.3) is 5.91 Å². The first-order chi connectivity index (χ1) is 10.9. The van der Waals surface area contributed by atoms with Gasteiger partial charge >= 0.3 is 11.9 Å².